The Bertz CT molecular complexity index is 477. The molecule has 0 aliphatic rings. The number of benzene rings is 1. The number of halogens is 2. The third-order valence-corrected chi connectivity index (χ3v) is 3.27. The highest BCUT2D eigenvalue weighted by Gasteiger charge is 2.09. The lowest BCUT2D eigenvalue weighted by Crippen LogP contribution is -1.99. The van der Waals surface area contributed by atoms with E-state index in [2.05, 4.69) is 4.98 Å². The molecule has 1 aromatic heterocycles. The first kappa shape index (κ1) is 10.8. The summed E-state index contributed by atoms with van der Waals surface area (Å²) in [5, 5.41) is 2.25. The summed E-state index contributed by atoms with van der Waals surface area (Å²) in [6, 6.07) is 3.74. The highest BCUT2D eigenvalue weighted by molar-refractivity contribution is 6.45. The van der Waals surface area contributed by atoms with Crippen molar-refractivity contribution in [1.82, 2.24) is 4.98 Å². The van der Waals surface area contributed by atoms with Gasteiger partial charge in [-0.3, -0.25) is 0 Å². The smallest absolute Gasteiger partial charge is 0.0688 e. The zero-order valence-corrected chi connectivity index (χ0v) is 9.70. The van der Waals surface area contributed by atoms with Gasteiger partial charge in [0.15, 0.2) is 0 Å². The quantitative estimate of drug-likeness (QED) is 0.852. The number of aromatic nitrogens is 1. The van der Waals surface area contributed by atoms with E-state index in [4.69, 9.17) is 28.9 Å². The third kappa shape index (κ3) is 1.98. The number of hydrogen-bond acceptors (Lipinski definition) is 1. The third-order valence-electron chi connectivity index (χ3n) is 2.47. The van der Waals surface area contributed by atoms with E-state index in [-0.39, 0.29) is 0 Å². The zero-order valence-electron chi connectivity index (χ0n) is 8.19. The Kier molecular flexibility index (Phi) is 3.19. The van der Waals surface area contributed by atoms with Gasteiger partial charge in [-0.15, -0.1) is 0 Å². The number of hydrogen-bond donors (Lipinski definition) is 2. The molecule has 4 heteroatoms. The first-order chi connectivity index (χ1) is 7.24. The minimum absolute atomic E-state index is 0.595. The van der Waals surface area contributed by atoms with Gasteiger partial charge >= 0.3 is 0 Å². The average Bonchev–Trinajstić information content (AvgIpc) is 2.64. The summed E-state index contributed by atoms with van der Waals surface area (Å²) >= 11 is 12.1. The number of H-pyrrole nitrogens is 1. The molecule has 2 nitrogen and oxygen atoms in total. The van der Waals surface area contributed by atoms with Crippen LogP contribution < -0.4 is 5.73 Å². The number of nitrogens with two attached hydrogens (primary N) is 1. The molecule has 0 radical (unpaired) electrons. The van der Waals surface area contributed by atoms with Crippen molar-refractivity contribution < 1.29 is 0 Å². The van der Waals surface area contributed by atoms with E-state index >= 15 is 0 Å². The molecule has 1 heterocycles. The second-order valence-corrected chi connectivity index (χ2v) is 4.28. The summed E-state index contributed by atoms with van der Waals surface area (Å²) in [6.45, 7) is 0.685. The number of rotatable bonds is 3. The molecule has 0 amide bonds. The SMILES string of the molecule is NCCCc1c[nH]c2ccc(Cl)c(Cl)c12. The molecule has 0 aliphatic heterocycles. The van der Waals surface area contributed by atoms with Crippen LogP contribution in [-0.2, 0) is 6.42 Å². The molecule has 0 aliphatic carbocycles. The molecule has 0 bridgehead atoms. The summed E-state index contributed by atoms with van der Waals surface area (Å²) in [5.74, 6) is 0. The molecule has 0 saturated heterocycles. The van der Waals surface area contributed by atoms with Crippen LogP contribution >= 0.6 is 23.2 Å². The Hall–Kier alpha value is -0.700. The van der Waals surface area contributed by atoms with Gasteiger partial charge < -0.3 is 10.7 Å². The van der Waals surface area contributed by atoms with Crippen LogP contribution in [0.4, 0.5) is 0 Å². The summed E-state index contributed by atoms with van der Waals surface area (Å²) in [4.78, 5) is 3.18. The fourth-order valence-corrected chi connectivity index (χ4v) is 2.16. The van der Waals surface area contributed by atoms with E-state index in [9.17, 15) is 0 Å². The molecule has 1 aromatic carbocycles. The number of aromatic amines is 1. The Morgan fingerprint density at radius 2 is 2.07 bits per heavy atom. The van der Waals surface area contributed by atoms with Gasteiger partial charge in [0.2, 0.25) is 0 Å². The first-order valence-corrected chi connectivity index (χ1v) is 5.63. The first-order valence-electron chi connectivity index (χ1n) is 4.88. The van der Waals surface area contributed by atoms with Crippen LogP contribution in [0.5, 0.6) is 0 Å². The topological polar surface area (TPSA) is 41.8 Å². The van der Waals surface area contributed by atoms with Crippen LogP contribution in [0.25, 0.3) is 10.9 Å². The fraction of sp³-hybridized carbons (Fsp3) is 0.273. The molecule has 0 atom stereocenters. The van der Waals surface area contributed by atoms with Crippen LogP contribution in [0.15, 0.2) is 18.3 Å². The molecular formula is C11H12Cl2N2. The van der Waals surface area contributed by atoms with E-state index < -0.39 is 0 Å². The summed E-state index contributed by atoms with van der Waals surface area (Å²) in [5.41, 5.74) is 7.70. The van der Waals surface area contributed by atoms with E-state index in [1.54, 1.807) is 6.07 Å². The zero-order chi connectivity index (χ0) is 10.8. The van der Waals surface area contributed by atoms with Crippen molar-refractivity contribution in [2.75, 3.05) is 6.54 Å². The van der Waals surface area contributed by atoms with Crippen molar-refractivity contribution in [2.24, 2.45) is 5.73 Å². The molecule has 0 spiro atoms. The van der Waals surface area contributed by atoms with Crippen LogP contribution in [0, 0.1) is 0 Å². The molecule has 0 saturated carbocycles. The van der Waals surface area contributed by atoms with Gasteiger partial charge in [-0.1, -0.05) is 23.2 Å². The van der Waals surface area contributed by atoms with Crippen molar-refractivity contribution in [3.63, 3.8) is 0 Å². The minimum atomic E-state index is 0.595. The maximum absolute atomic E-state index is 6.17. The minimum Gasteiger partial charge on any atom is -0.361 e. The van der Waals surface area contributed by atoms with Crippen LogP contribution in [-0.4, -0.2) is 11.5 Å². The normalized spacial score (nSPS) is 11.1. The predicted octanol–water partition coefficient (Wildman–Crippen LogP) is 3.37. The molecule has 2 rings (SSSR count). The van der Waals surface area contributed by atoms with Crippen molar-refractivity contribution in [3.8, 4) is 0 Å². The second kappa shape index (κ2) is 4.44. The average molecular weight is 243 g/mol. The Morgan fingerprint density at radius 1 is 1.27 bits per heavy atom. The number of aryl methyl sites for hydroxylation is 1. The largest absolute Gasteiger partial charge is 0.361 e. The van der Waals surface area contributed by atoms with Gasteiger partial charge in [0.1, 0.15) is 0 Å². The van der Waals surface area contributed by atoms with Crippen LogP contribution in [0.3, 0.4) is 0 Å². The maximum Gasteiger partial charge on any atom is 0.0688 e. The van der Waals surface area contributed by atoms with Gasteiger partial charge in [0.05, 0.1) is 10.0 Å². The Balaban J connectivity index is 2.51. The van der Waals surface area contributed by atoms with Crippen LogP contribution in [0.2, 0.25) is 10.0 Å². The lowest BCUT2D eigenvalue weighted by molar-refractivity contribution is 0.837. The maximum atomic E-state index is 6.17. The van der Waals surface area contributed by atoms with E-state index in [0.717, 1.165) is 23.7 Å². The fourth-order valence-electron chi connectivity index (χ4n) is 1.71. The molecule has 80 valence electrons. The molecule has 2 aromatic rings. The predicted molar refractivity (Wildman–Crippen MR) is 65.7 cm³/mol. The lowest BCUT2D eigenvalue weighted by atomic mass is 10.1. The highest BCUT2D eigenvalue weighted by atomic mass is 35.5. The number of fused-ring (bicyclic) bond motifs is 1. The molecular weight excluding hydrogens is 231 g/mol. The second-order valence-electron chi connectivity index (χ2n) is 3.49. The highest BCUT2D eigenvalue weighted by Crippen LogP contribution is 2.33. The number of nitrogens with one attached hydrogen (secondary N) is 1. The van der Waals surface area contributed by atoms with Gasteiger partial charge in [0.25, 0.3) is 0 Å². The molecule has 3 N–H and O–H groups in total. The van der Waals surface area contributed by atoms with Gasteiger partial charge in [-0.05, 0) is 37.1 Å². The van der Waals surface area contributed by atoms with E-state index in [1.165, 1.54) is 5.56 Å². The van der Waals surface area contributed by atoms with Crippen molar-refractivity contribution in [2.45, 2.75) is 12.8 Å². The molecule has 0 unspecified atom stereocenters. The van der Waals surface area contributed by atoms with Gasteiger partial charge in [-0.25, -0.2) is 0 Å². The van der Waals surface area contributed by atoms with Crippen molar-refractivity contribution >= 4 is 34.1 Å². The Morgan fingerprint density at radius 3 is 2.80 bits per heavy atom. The van der Waals surface area contributed by atoms with Crippen molar-refractivity contribution in [1.29, 1.82) is 0 Å². The van der Waals surface area contributed by atoms with E-state index in [0.29, 0.717) is 16.6 Å². The van der Waals surface area contributed by atoms with Crippen molar-refractivity contribution in [3.05, 3.63) is 33.9 Å². The lowest BCUT2D eigenvalue weighted by Gasteiger charge is -2.01. The van der Waals surface area contributed by atoms with Gasteiger partial charge in [0, 0.05) is 17.1 Å². The summed E-state index contributed by atoms with van der Waals surface area (Å²) in [7, 11) is 0. The monoisotopic (exact) mass is 242 g/mol. The van der Waals surface area contributed by atoms with E-state index in [1.807, 2.05) is 12.3 Å². The standard InChI is InChI=1S/C11H12Cl2N2/c12-8-3-4-9-10(11(8)13)7(6-15-9)2-1-5-14/h3-4,6,15H,1-2,5,14H2. The van der Waals surface area contributed by atoms with Gasteiger partial charge in [-0.2, -0.15) is 0 Å². The summed E-state index contributed by atoms with van der Waals surface area (Å²) < 4.78 is 0. The molecule has 0 fully saturated rings. The van der Waals surface area contributed by atoms with Crippen LogP contribution in [0.1, 0.15) is 12.0 Å². The summed E-state index contributed by atoms with van der Waals surface area (Å²) in [6.07, 6.45) is 3.86. The Labute approximate surface area is 98.4 Å². The molecule has 15 heavy (non-hydrogen) atoms.